The maximum absolute atomic E-state index is 13.9. The smallest absolute Gasteiger partial charge is 0.246 e. The summed E-state index contributed by atoms with van der Waals surface area (Å²) >= 11 is 0. The highest BCUT2D eigenvalue weighted by Crippen LogP contribution is 2.27. The zero-order valence-corrected chi connectivity index (χ0v) is 13.9. The average Bonchev–Trinajstić information content (AvgIpc) is 2.89. The molecule has 2 fully saturated rings. The number of hydrogen-bond donors (Lipinski definition) is 1. The minimum Gasteiger partial charge on any atom is -0.352 e. The maximum Gasteiger partial charge on any atom is 0.246 e. The van der Waals surface area contributed by atoms with Crippen LogP contribution in [0, 0.1) is 5.82 Å². The van der Waals surface area contributed by atoms with Gasteiger partial charge in [-0.15, -0.1) is 0 Å². The quantitative estimate of drug-likeness (QED) is 0.823. The van der Waals surface area contributed by atoms with Crippen LogP contribution in [0.3, 0.4) is 0 Å². The number of halogens is 1. The average molecular weight is 355 g/mol. The van der Waals surface area contributed by atoms with Crippen molar-refractivity contribution >= 4 is 21.8 Å². The number of hydrogen-bond acceptors (Lipinski definition) is 4. The minimum atomic E-state index is -4.08. The Morgan fingerprint density at radius 3 is 2.67 bits per heavy atom. The SMILES string of the molecule is CC(=O)NC1CC2CN(S(=O)(=O)c3ccccc3F)CC(=O)N2C1. The molecule has 1 aromatic rings. The number of amides is 2. The largest absolute Gasteiger partial charge is 0.352 e. The summed E-state index contributed by atoms with van der Waals surface area (Å²) in [5.74, 6) is -1.36. The number of carbonyl (C=O) groups is 2. The molecule has 0 aliphatic carbocycles. The van der Waals surface area contributed by atoms with Gasteiger partial charge in [-0.05, 0) is 18.6 Å². The number of sulfonamides is 1. The van der Waals surface area contributed by atoms with Gasteiger partial charge >= 0.3 is 0 Å². The molecule has 0 bridgehead atoms. The number of rotatable bonds is 3. The van der Waals surface area contributed by atoms with Crippen LogP contribution >= 0.6 is 0 Å². The van der Waals surface area contributed by atoms with Gasteiger partial charge in [-0.2, -0.15) is 4.31 Å². The highest BCUT2D eigenvalue weighted by Gasteiger charge is 2.44. The van der Waals surface area contributed by atoms with Crippen LogP contribution in [0.2, 0.25) is 0 Å². The van der Waals surface area contributed by atoms with Crippen LogP contribution in [-0.2, 0) is 19.6 Å². The van der Waals surface area contributed by atoms with Crippen LogP contribution in [0.5, 0.6) is 0 Å². The van der Waals surface area contributed by atoms with Crippen molar-refractivity contribution in [2.75, 3.05) is 19.6 Å². The second-order valence-corrected chi connectivity index (χ2v) is 7.97. The van der Waals surface area contributed by atoms with Crippen LogP contribution in [0.25, 0.3) is 0 Å². The molecule has 1 N–H and O–H groups in total. The Labute approximate surface area is 139 Å². The fourth-order valence-electron chi connectivity index (χ4n) is 3.30. The highest BCUT2D eigenvalue weighted by molar-refractivity contribution is 7.89. The Bertz CT molecular complexity index is 783. The van der Waals surface area contributed by atoms with Crippen LogP contribution in [0.1, 0.15) is 13.3 Å². The van der Waals surface area contributed by atoms with Gasteiger partial charge < -0.3 is 10.2 Å². The van der Waals surface area contributed by atoms with Crippen molar-refractivity contribution in [1.82, 2.24) is 14.5 Å². The molecule has 2 saturated heterocycles. The molecule has 1 aromatic carbocycles. The van der Waals surface area contributed by atoms with Crippen molar-refractivity contribution in [3.8, 4) is 0 Å². The summed E-state index contributed by atoms with van der Waals surface area (Å²) in [4.78, 5) is 24.6. The second-order valence-electron chi connectivity index (χ2n) is 6.06. The van der Waals surface area contributed by atoms with E-state index in [1.165, 1.54) is 25.1 Å². The molecule has 24 heavy (non-hydrogen) atoms. The summed E-state index contributed by atoms with van der Waals surface area (Å²) in [6.07, 6.45) is 0.481. The van der Waals surface area contributed by atoms with Gasteiger partial charge in [0.05, 0.1) is 6.54 Å². The molecule has 0 radical (unpaired) electrons. The first-order valence-corrected chi connectivity index (χ1v) is 9.04. The summed E-state index contributed by atoms with van der Waals surface area (Å²) in [5.41, 5.74) is 0. The Hall–Kier alpha value is -2.00. The van der Waals surface area contributed by atoms with Gasteiger partial charge in [0.1, 0.15) is 10.7 Å². The number of carbonyl (C=O) groups excluding carboxylic acids is 2. The predicted molar refractivity (Wildman–Crippen MR) is 82.9 cm³/mol. The first kappa shape index (κ1) is 16.8. The minimum absolute atomic E-state index is 0.0957. The molecule has 0 spiro atoms. The lowest BCUT2D eigenvalue weighted by Crippen LogP contribution is -2.55. The van der Waals surface area contributed by atoms with Crippen LogP contribution in [0.15, 0.2) is 29.2 Å². The van der Waals surface area contributed by atoms with E-state index in [2.05, 4.69) is 5.32 Å². The van der Waals surface area contributed by atoms with Crippen LogP contribution in [0.4, 0.5) is 4.39 Å². The number of benzene rings is 1. The summed E-state index contributed by atoms with van der Waals surface area (Å²) in [6, 6.07) is 4.61. The van der Waals surface area contributed by atoms with Crippen molar-refractivity contribution in [3.05, 3.63) is 30.1 Å². The normalized spacial score (nSPS) is 24.8. The summed E-state index contributed by atoms with van der Waals surface area (Å²) < 4.78 is 40.2. The number of nitrogens with zero attached hydrogens (tertiary/aromatic N) is 2. The molecule has 3 rings (SSSR count). The van der Waals surface area contributed by atoms with Gasteiger partial charge in [0.25, 0.3) is 0 Å². The molecular weight excluding hydrogens is 337 g/mol. The third kappa shape index (κ3) is 3.01. The van der Waals surface area contributed by atoms with Gasteiger partial charge in [0.2, 0.25) is 21.8 Å². The molecule has 9 heteroatoms. The summed E-state index contributed by atoms with van der Waals surface area (Å²) in [7, 11) is -4.08. The van der Waals surface area contributed by atoms with E-state index in [-0.39, 0.29) is 37.0 Å². The monoisotopic (exact) mass is 355 g/mol. The van der Waals surface area contributed by atoms with Crippen molar-refractivity contribution in [3.63, 3.8) is 0 Å². The molecule has 2 aliphatic rings. The molecule has 2 unspecified atom stereocenters. The summed E-state index contributed by atoms with van der Waals surface area (Å²) in [6.45, 7) is 1.54. The van der Waals surface area contributed by atoms with Gasteiger partial charge in [-0.1, -0.05) is 12.1 Å². The molecule has 0 saturated carbocycles. The highest BCUT2D eigenvalue weighted by atomic mass is 32.2. The zero-order valence-electron chi connectivity index (χ0n) is 13.1. The number of fused-ring (bicyclic) bond motifs is 1. The lowest BCUT2D eigenvalue weighted by molar-refractivity contribution is -0.135. The molecule has 2 amide bonds. The van der Waals surface area contributed by atoms with Gasteiger partial charge in [-0.3, -0.25) is 9.59 Å². The van der Waals surface area contributed by atoms with Crippen molar-refractivity contribution in [2.24, 2.45) is 0 Å². The van der Waals surface area contributed by atoms with Gasteiger partial charge in [0, 0.05) is 32.1 Å². The molecule has 0 aromatic heterocycles. The summed E-state index contributed by atoms with van der Waals surface area (Å²) in [5, 5.41) is 2.75. The number of piperazine rings is 1. The van der Waals surface area contributed by atoms with Gasteiger partial charge in [-0.25, -0.2) is 12.8 Å². The van der Waals surface area contributed by atoms with E-state index in [1.807, 2.05) is 0 Å². The lowest BCUT2D eigenvalue weighted by Gasteiger charge is -2.36. The first-order valence-electron chi connectivity index (χ1n) is 7.60. The lowest BCUT2D eigenvalue weighted by atomic mass is 10.1. The third-order valence-corrected chi connectivity index (χ3v) is 6.17. The van der Waals surface area contributed by atoms with E-state index in [1.54, 1.807) is 4.90 Å². The van der Waals surface area contributed by atoms with E-state index in [0.717, 1.165) is 10.4 Å². The molecule has 2 atom stereocenters. The molecular formula is C15H18FN3O4S. The molecule has 130 valence electrons. The fraction of sp³-hybridized carbons (Fsp3) is 0.467. The van der Waals surface area contributed by atoms with E-state index in [4.69, 9.17) is 0 Å². The first-order chi connectivity index (χ1) is 11.3. The van der Waals surface area contributed by atoms with Crippen molar-refractivity contribution in [2.45, 2.75) is 30.3 Å². The van der Waals surface area contributed by atoms with E-state index in [0.29, 0.717) is 13.0 Å². The fourth-order valence-corrected chi connectivity index (χ4v) is 4.80. The maximum atomic E-state index is 13.9. The Morgan fingerprint density at radius 1 is 1.29 bits per heavy atom. The molecule has 2 aliphatic heterocycles. The van der Waals surface area contributed by atoms with E-state index in [9.17, 15) is 22.4 Å². The Kier molecular flexibility index (Phi) is 4.31. The standard InChI is InChI=1S/C15H18FN3O4S/c1-10(20)17-11-6-12-8-18(9-15(21)19(12)7-11)24(22,23)14-5-3-2-4-13(14)16/h2-5,11-12H,6-9H2,1H3,(H,17,20). The Balaban J connectivity index is 1.82. The van der Waals surface area contributed by atoms with Crippen molar-refractivity contribution < 1.29 is 22.4 Å². The zero-order chi connectivity index (χ0) is 17.5. The van der Waals surface area contributed by atoms with Crippen LogP contribution in [-0.4, -0.2) is 61.2 Å². The van der Waals surface area contributed by atoms with E-state index < -0.39 is 20.7 Å². The van der Waals surface area contributed by atoms with Crippen molar-refractivity contribution in [1.29, 1.82) is 0 Å². The molecule has 7 nitrogen and oxygen atoms in total. The Morgan fingerprint density at radius 2 is 2.00 bits per heavy atom. The van der Waals surface area contributed by atoms with E-state index >= 15 is 0 Å². The number of nitrogens with one attached hydrogen (secondary N) is 1. The topological polar surface area (TPSA) is 86.8 Å². The van der Waals surface area contributed by atoms with Crippen LogP contribution < -0.4 is 5.32 Å². The molecule has 2 heterocycles. The predicted octanol–water partition coefficient (Wildman–Crippen LogP) is -0.0644. The second kappa shape index (κ2) is 6.14. The third-order valence-electron chi connectivity index (χ3n) is 4.32. The van der Waals surface area contributed by atoms with Gasteiger partial charge in [0.15, 0.2) is 0 Å².